The van der Waals surface area contributed by atoms with Crippen LogP contribution in [-0.4, -0.2) is 16.7 Å². The van der Waals surface area contributed by atoms with Crippen molar-refractivity contribution < 1.29 is 41.0 Å². The van der Waals surface area contributed by atoms with Crippen LogP contribution in [0.15, 0.2) is 6.07 Å². The van der Waals surface area contributed by atoms with Crippen LogP contribution in [0.3, 0.4) is 0 Å². The van der Waals surface area contributed by atoms with Gasteiger partial charge in [-0.25, -0.2) is 26.3 Å². The van der Waals surface area contributed by atoms with Crippen LogP contribution >= 0.6 is 0 Å². The minimum Gasteiger partial charge on any atom is -0.507 e. The molecule has 2 aromatic rings. The first-order valence-electron chi connectivity index (χ1n) is 5.84. The van der Waals surface area contributed by atoms with E-state index in [0.29, 0.717) is 0 Å². The minimum absolute atomic E-state index is 0.137. The Labute approximate surface area is 122 Å². The number of phenolic OH excluding ortho intramolecular Hbond substituents is 1. The lowest BCUT2D eigenvalue weighted by Gasteiger charge is -2.20. The lowest BCUT2D eigenvalue weighted by Crippen LogP contribution is -2.27. The molecule has 23 heavy (non-hydrogen) atoms. The molecule has 0 heterocycles. The van der Waals surface area contributed by atoms with Crippen LogP contribution in [0.2, 0.25) is 0 Å². The fourth-order valence-corrected chi connectivity index (χ4v) is 2.36. The second-order valence-electron chi connectivity index (χ2n) is 4.61. The van der Waals surface area contributed by atoms with Gasteiger partial charge in [0.05, 0.1) is 22.3 Å². The van der Waals surface area contributed by atoms with Crippen LogP contribution < -0.4 is 0 Å². The highest BCUT2D eigenvalue weighted by molar-refractivity contribution is 6.29. The molecule has 0 aliphatic heterocycles. The van der Waals surface area contributed by atoms with Gasteiger partial charge >= 0.3 is 0 Å². The van der Waals surface area contributed by atoms with E-state index in [2.05, 4.69) is 0 Å². The Balaban J connectivity index is 2.51. The maximum absolute atomic E-state index is 13.8. The normalized spacial score (nSPS) is 13.1. The summed E-state index contributed by atoms with van der Waals surface area (Å²) in [5.74, 6) is -17.5. The number of hydrogen-bond acceptors (Lipinski definition) is 3. The Morgan fingerprint density at radius 2 is 1.00 bits per heavy atom. The third kappa shape index (κ3) is 1.73. The molecule has 0 unspecified atom stereocenters. The van der Waals surface area contributed by atoms with Crippen molar-refractivity contribution in [3.8, 4) is 5.75 Å². The van der Waals surface area contributed by atoms with E-state index >= 15 is 0 Å². The number of aromatic hydroxyl groups is 1. The first kappa shape index (κ1) is 15.1. The first-order valence-corrected chi connectivity index (χ1v) is 5.84. The van der Waals surface area contributed by atoms with Gasteiger partial charge in [-0.05, 0) is 0 Å². The van der Waals surface area contributed by atoms with Gasteiger partial charge < -0.3 is 5.11 Å². The average molecular weight is 332 g/mol. The molecular formula is C14H2F6O3. The zero-order chi connectivity index (χ0) is 17.2. The molecule has 1 N–H and O–H groups in total. The molecule has 0 atom stereocenters. The predicted molar refractivity (Wildman–Crippen MR) is 61.2 cm³/mol. The van der Waals surface area contributed by atoms with E-state index < -0.39 is 74.5 Å². The van der Waals surface area contributed by atoms with E-state index in [9.17, 15) is 41.0 Å². The van der Waals surface area contributed by atoms with Gasteiger partial charge in [-0.2, -0.15) is 0 Å². The molecule has 0 spiro atoms. The predicted octanol–water partition coefficient (Wildman–Crippen LogP) is 3.00. The van der Waals surface area contributed by atoms with Gasteiger partial charge in [0.1, 0.15) is 5.75 Å². The quantitative estimate of drug-likeness (QED) is 0.391. The summed E-state index contributed by atoms with van der Waals surface area (Å²) in [4.78, 5) is 24.1. The number of ketones is 2. The van der Waals surface area contributed by atoms with E-state index in [1.54, 1.807) is 0 Å². The van der Waals surface area contributed by atoms with E-state index in [0.717, 1.165) is 0 Å². The van der Waals surface area contributed by atoms with Crippen LogP contribution in [0.25, 0.3) is 0 Å². The van der Waals surface area contributed by atoms with Crippen molar-refractivity contribution in [3.05, 3.63) is 63.2 Å². The first-order chi connectivity index (χ1) is 10.7. The van der Waals surface area contributed by atoms with Gasteiger partial charge in [-0.15, -0.1) is 0 Å². The molecule has 1 aliphatic carbocycles. The Morgan fingerprint density at radius 1 is 0.609 bits per heavy atom. The molecule has 118 valence electrons. The van der Waals surface area contributed by atoms with Gasteiger partial charge in [0, 0.05) is 6.07 Å². The fraction of sp³-hybridized carbons (Fsp3) is 0. The summed E-state index contributed by atoms with van der Waals surface area (Å²) >= 11 is 0. The SMILES string of the molecule is O=C1c2c(O)cc(F)c(F)c2C(=O)c2c(F)c(F)c(F)c(F)c21. The number of rotatable bonds is 0. The number of carbonyl (C=O) groups is 2. The standard InChI is InChI=1S/C14H2F6O3/c15-2-1-3(21)4-5(8(2)16)14(23)7-6(13(4)22)9(17)11(19)12(20)10(7)18/h1,21H. The maximum atomic E-state index is 13.8. The number of halogens is 6. The highest BCUT2D eigenvalue weighted by Gasteiger charge is 2.42. The summed E-state index contributed by atoms with van der Waals surface area (Å²) in [5, 5.41) is 9.50. The van der Waals surface area contributed by atoms with Crippen molar-refractivity contribution in [3.63, 3.8) is 0 Å². The largest absolute Gasteiger partial charge is 0.507 e. The monoisotopic (exact) mass is 332 g/mol. The molecule has 0 aromatic heterocycles. The Hall–Kier alpha value is -2.84. The van der Waals surface area contributed by atoms with Crippen molar-refractivity contribution in [1.82, 2.24) is 0 Å². The lowest BCUT2D eigenvalue weighted by atomic mass is 9.82. The number of hydrogen-bond donors (Lipinski definition) is 1. The van der Waals surface area contributed by atoms with E-state index in [4.69, 9.17) is 0 Å². The van der Waals surface area contributed by atoms with Crippen LogP contribution in [0.5, 0.6) is 5.75 Å². The summed E-state index contributed by atoms with van der Waals surface area (Å²) in [6.45, 7) is 0. The molecule has 3 nitrogen and oxygen atoms in total. The van der Waals surface area contributed by atoms with Crippen molar-refractivity contribution in [2.45, 2.75) is 0 Å². The van der Waals surface area contributed by atoms with Crippen LogP contribution in [-0.2, 0) is 0 Å². The molecule has 9 heteroatoms. The van der Waals surface area contributed by atoms with Crippen LogP contribution in [0, 0.1) is 34.9 Å². The van der Waals surface area contributed by atoms with Crippen LogP contribution in [0.4, 0.5) is 26.3 Å². The van der Waals surface area contributed by atoms with Gasteiger partial charge in [-0.1, -0.05) is 0 Å². The summed E-state index contributed by atoms with van der Waals surface area (Å²) in [6, 6.07) is 0.137. The second-order valence-corrected chi connectivity index (χ2v) is 4.61. The van der Waals surface area contributed by atoms with Gasteiger partial charge in [0.15, 0.2) is 34.9 Å². The van der Waals surface area contributed by atoms with Crippen LogP contribution in [0.1, 0.15) is 31.8 Å². The Bertz CT molecular complexity index is 935. The number of fused-ring (bicyclic) bond motifs is 2. The van der Waals surface area contributed by atoms with Crippen molar-refractivity contribution in [1.29, 1.82) is 0 Å². The molecular weight excluding hydrogens is 330 g/mol. The molecule has 0 fully saturated rings. The zero-order valence-electron chi connectivity index (χ0n) is 10.6. The molecule has 0 saturated heterocycles. The Morgan fingerprint density at radius 3 is 1.48 bits per heavy atom. The van der Waals surface area contributed by atoms with Gasteiger partial charge in [0.25, 0.3) is 0 Å². The number of benzene rings is 2. The summed E-state index contributed by atoms with van der Waals surface area (Å²) in [5.41, 5.74) is -5.61. The molecule has 0 amide bonds. The minimum atomic E-state index is -2.38. The topological polar surface area (TPSA) is 54.4 Å². The third-order valence-corrected chi connectivity index (χ3v) is 3.37. The molecule has 0 radical (unpaired) electrons. The average Bonchev–Trinajstić information content (AvgIpc) is 2.49. The molecule has 2 aromatic carbocycles. The highest BCUT2D eigenvalue weighted by atomic mass is 19.2. The summed E-state index contributed by atoms with van der Waals surface area (Å²) in [7, 11) is 0. The Kier molecular flexibility index (Phi) is 3.00. The number of phenols is 1. The second kappa shape index (κ2) is 4.58. The van der Waals surface area contributed by atoms with Crippen molar-refractivity contribution in [2.24, 2.45) is 0 Å². The van der Waals surface area contributed by atoms with E-state index in [1.807, 2.05) is 0 Å². The third-order valence-electron chi connectivity index (χ3n) is 3.37. The fourth-order valence-electron chi connectivity index (χ4n) is 2.36. The molecule has 3 rings (SSSR count). The summed E-state index contributed by atoms with van der Waals surface area (Å²) < 4.78 is 81.0. The maximum Gasteiger partial charge on any atom is 0.201 e. The number of carbonyl (C=O) groups excluding carboxylic acids is 2. The van der Waals surface area contributed by atoms with Gasteiger partial charge in [-0.3, -0.25) is 9.59 Å². The van der Waals surface area contributed by atoms with Crippen molar-refractivity contribution in [2.75, 3.05) is 0 Å². The molecule has 0 bridgehead atoms. The lowest BCUT2D eigenvalue weighted by molar-refractivity contribution is 0.0962. The molecule has 1 aliphatic rings. The van der Waals surface area contributed by atoms with E-state index in [-0.39, 0.29) is 6.07 Å². The zero-order valence-corrected chi connectivity index (χ0v) is 10.6. The smallest absolute Gasteiger partial charge is 0.201 e. The molecule has 0 saturated carbocycles. The van der Waals surface area contributed by atoms with Crippen molar-refractivity contribution >= 4 is 11.6 Å². The highest BCUT2D eigenvalue weighted by Crippen LogP contribution is 2.38. The summed E-state index contributed by atoms with van der Waals surface area (Å²) in [6.07, 6.45) is 0. The van der Waals surface area contributed by atoms with Gasteiger partial charge in [0.2, 0.25) is 11.6 Å². The van der Waals surface area contributed by atoms with E-state index in [1.165, 1.54) is 0 Å².